The van der Waals surface area contributed by atoms with E-state index in [4.69, 9.17) is 5.10 Å². The van der Waals surface area contributed by atoms with Gasteiger partial charge in [-0.1, -0.05) is 30.3 Å². The van der Waals surface area contributed by atoms with Gasteiger partial charge in [-0.3, -0.25) is 9.78 Å². The Hall–Kier alpha value is -4.33. The van der Waals surface area contributed by atoms with Gasteiger partial charge < -0.3 is 10.6 Å². The summed E-state index contributed by atoms with van der Waals surface area (Å²) in [6.45, 7) is 5.85. The normalized spacial score (nSPS) is 15.0. The van der Waals surface area contributed by atoms with Crippen LogP contribution in [0.15, 0.2) is 78.3 Å². The van der Waals surface area contributed by atoms with Crippen LogP contribution >= 0.6 is 0 Å². The van der Waals surface area contributed by atoms with Crippen molar-refractivity contribution < 1.29 is 9.18 Å². The minimum Gasteiger partial charge on any atom is -0.328 e. The lowest BCUT2D eigenvalue weighted by molar-refractivity contribution is -0.113. The standard InChI is InChI=1S/C26H23FN6O/c1-15-10-11-18(13-16(15)2)24-31-26-29-17(3)22(25(34)30-19-7-6-12-28-14-19)23(33(26)32-24)20-8-4-5-9-21(20)27/h4-14,23H,1-3H3,(H,30,34)(H,29,31,32). The van der Waals surface area contributed by atoms with E-state index in [-0.39, 0.29) is 5.91 Å². The van der Waals surface area contributed by atoms with Crippen LogP contribution in [0.3, 0.4) is 0 Å². The number of rotatable bonds is 4. The number of benzene rings is 2. The molecule has 0 fully saturated rings. The highest BCUT2D eigenvalue weighted by Crippen LogP contribution is 2.37. The fraction of sp³-hybridized carbons (Fsp3) is 0.154. The van der Waals surface area contributed by atoms with Crippen molar-refractivity contribution in [3.8, 4) is 11.4 Å². The predicted molar refractivity (Wildman–Crippen MR) is 129 cm³/mol. The van der Waals surface area contributed by atoms with Gasteiger partial charge in [-0.2, -0.15) is 4.98 Å². The molecule has 0 bridgehead atoms. The number of anilines is 2. The van der Waals surface area contributed by atoms with E-state index in [1.165, 1.54) is 11.6 Å². The molecule has 1 atom stereocenters. The van der Waals surface area contributed by atoms with E-state index in [1.54, 1.807) is 54.3 Å². The van der Waals surface area contributed by atoms with Crippen LogP contribution in [0.4, 0.5) is 16.0 Å². The van der Waals surface area contributed by atoms with Crippen molar-refractivity contribution in [1.82, 2.24) is 19.7 Å². The van der Waals surface area contributed by atoms with E-state index < -0.39 is 11.9 Å². The average molecular weight is 455 g/mol. The number of allylic oxidation sites excluding steroid dienone is 1. The third-order valence-corrected chi connectivity index (χ3v) is 5.98. The molecule has 170 valence electrons. The van der Waals surface area contributed by atoms with Crippen LogP contribution in [0, 0.1) is 19.7 Å². The average Bonchev–Trinajstić information content (AvgIpc) is 3.24. The molecule has 7 nitrogen and oxygen atoms in total. The predicted octanol–water partition coefficient (Wildman–Crippen LogP) is 5.02. The lowest BCUT2D eigenvalue weighted by Gasteiger charge is -2.28. The maximum absolute atomic E-state index is 15.0. The highest BCUT2D eigenvalue weighted by molar-refractivity contribution is 6.06. The minimum atomic E-state index is -0.804. The first-order valence-corrected chi connectivity index (χ1v) is 10.9. The molecule has 0 radical (unpaired) electrons. The number of aromatic nitrogens is 4. The van der Waals surface area contributed by atoms with Crippen LogP contribution in [-0.4, -0.2) is 25.7 Å². The number of hydrogen-bond acceptors (Lipinski definition) is 5. The number of hydrogen-bond donors (Lipinski definition) is 2. The number of carbonyl (C=O) groups is 1. The first-order valence-electron chi connectivity index (χ1n) is 10.9. The Morgan fingerprint density at radius 3 is 2.62 bits per heavy atom. The Balaban J connectivity index is 1.62. The Labute approximate surface area is 196 Å². The van der Waals surface area contributed by atoms with Gasteiger partial charge >= 0.3 is 0 Å². The highest BCUT2D eigenvalue weighted by atomic mass is 19.1. The van der Waals surface area contributed by atoms with Crippen LogP contribution in [0.1, 0.15) is 29.7 Å². The summed E-state index contributed by atoms with van der Waals surface area (Å²) in [7, 11) is 0. The van der Waals surface area contributed by atoms with Gasteiger partial charge in [-0.25, -0.2) is 9.07 Å². The lowest BCUT2D eigenvalue weighted by Crippen LogP contribution is -2.32. The third kappa shape index (κ3) is 3.83. The molecule has 8 heteroatoms. The van der Waals surface area contributed by atoms with Crippen LogP contribution < -0.4 is 10.6 Å². The van der Waals surface area contributed by atoms with Gasteiger partial charge in [0.05, 0.1) is 17.5 Å². The zero-order chi connectivity index (χ0) is 23.8. The molecule has 1 amide bonds. The van der Waals surface area contributed by atoms with E-state index in [0.29, 0.717) is 34.3 Å². The zero-order valence-corrected chi connectivity index (χ0v) is 19.0. The Bertz CT molecular complexity index is 1430. The van der Waals surface area contributed by atoms with Gasteiger partial charge in [0.15, 0.2) is 5.82 Å². The van der Waals surface area contributed by atoms with E-state index in [1.807, 2.05) is 32.0 Å². The zero-order valence-electron chi connectivity index (χ0n) is 19.0. The van der Waals surface area contributed by atoms with Gasteiger partial charge in [-0.15, -0.1) is 5.10 Å². The first-order chi connectivity index (χ1) is 16.4. The van der Waals surface area contributed by atoms with Gasteiger partial charge in [0.2, 0.25) is 5.95 Å². The van der Waals surface area contributed by atoms with E-state index in [0.717, 1.165) is 11.1 Å². The van der Waals surface area contributed by atoms with Crippen LogP contribution in [0.5, 0.6) is 0 Å². The summed E-state index contributed by atoms with van der Waals surface area (Å²) in [6.07, 6.45) is 3.18. The Morgan fingerprint density at radius 1 is 1.06 bits per heavy atom. The number of amides is 1. The summed E-state index contributed by atoms with van der Waals surface area (Å²) in [5.41, 5.74) is 4.92. The summed E-state index contributed by atoms with van der Waals surface area (Å²) in [4.78, 5) is 22.1. The third-order valence-electron chi connectivity index (χ3n) is 5.98. The second-order valence-corrected chi connectivity index (χ2v) is 8.29. The molecule has 0 spiro atoms. The quantitative estimate of drug-likeness (QED) is 0.452. The van der Waals surface area contributed by atoms with Gasteiger partial charge in [-0.05, 0) is 56.2 Å². The number of fused-ring (bicyclic) bond motifs is 1. The molecule has 1 aliphatic heterocycles. The summed E-state index contributed by atoms with van der Waals surface area (Å²) in [6, 6.07) is 15.1. The SMILES string of the molecule is CC1=C(C(=O)Nc2cccnc2)C(c2ccccc2F)n2nc(-c3ccc(C)c(C)c3)nc2N1. The molecule has 1 unspecified atom stereocenters. The molecular formula is C26H23FN6O. The Kier molecular flexibility index (Phi) is 5.41. The fourth-order valence-electron chi connectivity index (χ4n) is 4.07. The summed E-state index contributed by atoms with van der Waals surface area (Å²) in [5.74, 6) is 0.133. The van der Waals surface area contributed by atoms with Gasteiger partial charge in [0, 0.05) is 23.0 Å². The monoisotopic (exact) mass is 454 g/mol. The van der Waals surface area contributed by atoms with Crippen molar-refractivity contribution in [1.29, 1.82) is 0 Å². The number of carbonyl (C=O) groups excluding carboxylic acids is 1. The van der Waals surface area contributed by atoms with E-state index in [2.05, 4.69) is 20.6 Å². The highest BCUT2D eigenvalue weighted by Gasteiger charge is 2.36. The number of nitrogens with zero attached hydrogens (tertiary/aromatic N) is 4. The molecule has 1 aliphatic rings. The molecule has 0 aliphatic carbocycles. The van der Waals surface area contributed by atoms with Crippen molar-refractivity contribution in [2.45, 2.75) is 26.8 Å². The number of nitrogens with one attached hydrogen (secondary N) is 2. The summed E-state index contributed by atoms with van der Waals surface area (Å²) >= 11 is 0. The molecule has 3 heterocycles. The molecule has 2 N–H and O–H groups in total. The van der Waals surface area contributed by atoms with E-state index in [9.17, 15) is 4.79 Å². The molecule has 34 heavy (non-hydrogen) atoms. The number of aryl methyl sites for hydroxylation is 2. The molecular weight excluding hydrogens is 431 g/mol. The maximum Gasteiger partial charge on any atom is 0.255 e. The second kappa shape index (κ2) is 8.55. The molecule has 0 saturated heterocycles. The number of halogens is 1. The molecule has 5 rings (SSSR count). The van der Waals surface area contributed by atoms with Crippen LogP contribution in [0.25, 0.3) is 11.4 Å². The van der Waals surface area contributed by atoms with Crippen molar-refractivity contribution in [2.75, 3.05) is 10.6 Å². The van der Waals surface area contributed by atoms with Crippen molar-refractivity contribution >= 4 is 17.5 Å². The maximum atomic E-state index is 15.0. The molecule has 4 aromatic rings. The minimum absolute atomic E-state index is 0.331. The van der Waals surface area contributed by atoms with Crippen molar-refractivity contribution in [2.24, 2.45) is 0 Å². The molecule has 2 aromatic heterocycles. The van der Waals surface area contributed by atoms with Crippen molar-refractivity contribution in [3.05, 3.63) is 101 Å². The smallest absolute Gasteiger partial charge is 0.255 e. The molecule has 2 aromatic carbocycles. The van der Waals surface area contributed by atoms with E-state index >= 15 is 4.39 Å². The largest absolute Gasteiger partial charge is 0.328 e. The van der Waals surface area contributed by atoms with Crippen LogP contribution in [0.2, 0.25) is 0 Å². The van der Waals surface area contributed by atoms with Gasteiger partial charge in [0.1, 0.15) is 11.9 Å². The van der Waals surface area contributed by atoms with Crippen LogP contribution in [-0.2, 0) is 4.79 Å². The Morgan fingerprint density at radius 2 is 1.88 bits per heavy atom. The number of pyridine rings is 1. The fourth-order valence-corrected chi connectivity index (χ4v) is 4.07. The molecule has 0 saturated carbocycles. The first kappa shape index (κ1) is 21.5. The van der Waals surface area contributed by atoms with Crippen molar-refractivity contribution in [3.63, 3.8) is 0 Å². The topological polar surface area (TPSA) is 84.7 Å². The lowest BCUT2D eigenvalue weighted by atomic mass is 9.94. The summed E-state index contributed by atoms with van der Waals surface area (Å²) < 4.78 is 16.6. The summed E-state index contributed by atoms with van der Waals surface area (Å²) in [5, 5.41) is 10.8. The second-order valence-electron chi connectivity index (χ2n) is 8.29. The van der Waals surface area contributed by atoms with Gasteiger partial charge in [0.25, 0.3) is 5.91 Å².